The van der Waals surface area contributed by atoms with Crippen molar-refractivity contribution >= 4 is 65.9 Å². The van der Waals surface area contributed by atoms with Gasteiger partial charge in [-0.3, -0.25) is 10.0 Å². The van der Waals surface area contributed by atoms with Crippen molar-refractivity contribution in [2.45, 2.75) is 38.8 Å². The van der Waals surface area contributed by atoms with E-state index in [4.69, 9.17) is 20.2 Å². The third-order valence-electron chi connectivity index (χ3n) is 11.6. The van der Waals surface area contributed by atoms with Crippen LogP contribution in [0.4, 0.5) is 11.4 Å². The number of hydrazone groups is 2. The van der Waals surface area contributed by atoms with Crippen LogP contribution in [-0.2, 0) is 0 Å². The number of anilines is 2. The molecular weight excluding hydrogens is 773 g/mol. The maximum absolute atomic E-state index is 5.32. The lowest BCUT2D eigenvalue weighted by molar-refractivity contribution is 0.709. The van der Waals surface area contributed by atoms with Gasteiger partial charge in [-0.1, -0.05) is 108 Å². The molecule has 0 bridgehead atoms. The zero-order valence-electron chi connectivity index (χ0n) is 33.2. The molecule has 0 fully saturated rings. The van der Waals surface area contributed by atoms with Gasteiger partial charge in [0.05, 0.1) is 55.3 Å². The lowest BCUT2D eigenvalue weighted by atomic mass is 9.95. The first-order chi connectivity index (χ1) is 29.5. The Morgan fingerprint density at radius 3 is 1.17 bits per heavy atom. The van der Waals surface area contributed by atoms with E-state index in [2.05, 4.69) is 182 Å². The van der Waals surface area contributed by atoms with Gasteiger partial charge in [0.2, 0.25) is 0 Å². The van der Waals surface area contributed by atoms with Crippen molar-refractivity contribution < 1.29 is 0 Å². The standard InChI is InChI=1S/C52H40N6S2/c1-33-11-15-37(16-12-33)47-31-45(55-57(47)41-27-23-39(24-28-41)51-53-43-7-3-5-9-49(43)59-51)35-19-21-36(22-20-35)46-32-48(38-17-13-34(2)14-18-38)58(56-46)42-29-25-40(26-30-42)52-54-44-8-4-6-10-50(44)60-52/h3-30,47-48H,31-32H2,1-2H3. The Morgan fingerprint density at radius 1 is 0.417 bits per heavy atom. The molecule has 4 heterocycles. The number of hydrogen-bond donors (Lipinski definition) is 0. The molecule has 0 amide bonds. The van der Waals surface area contributed by atoms with Gasteiger partial charge in [-0.05, 0) is 109 Å². The molecule has 2 aliphatic rings. The Labute approximate surface area is 357 Å². The fourth-order valence-electron chi connectivity index (χ4n) is 8.30. The summed E-state index contributed by atoms with van der Waals surface area (Å²) in [7, 11) is 0. The minimum Gasteiger partial charge on any atom is -0.257 e. The highest BCUT2D eigenvalue weighted by molar-refractivity contribution is 7.22. The Balaban J connectivity index is 0.882. The number of para-hydroxylation sites is 2. The number of fused-ring (bicyclic) bond motifs is 2. The first-order valence-electron chi connectivity index (χ1n) is 20.4. The number of aromatic nitrogens is 2. The van der Waals surface area contributed by atoms with Gasteiger partial charge < -0.3 is 0 Å². The molecule has 7 aromatic carbocycles. The van der Waals surface area contributed by atoms with Crippen LogP contribution in [0.15, 0.2) is 180 Å². The summed E-state index contributed by atoms with van der Waals surface area (Å²) in [6, 6.07) is 60.9. The molecule has 0 N–H and O–H groups in total. The maximum Gasteiger partial charge on any atom is 0.124 e. The number of aryl methyl sites for hydroxylation is 2. The van der Waals surface area contributed by atoms with Crippen LogP contribution in [0.5, 0.6) is 0 Å². The molecule has 0 saturated carbocycles. The summed E-state index contributed by atoms with van der Waals surface area (Å²) in [6.07, 6.45) is 1.61. The van der Waals surface area contributed by atoms with Crippen LogP contribution in [-0.4, -0.2) is 21.4 Å². The third-order valence-corrected chi connectivity index (χ3v) is 13.8. The SMILES string of the molecule is Cc1ccc(C2CC(c3ccc(C4=NN(c5ccc(-c6nc7ccccc7s6)cc5)C(c5ccc(C)cc5)C4)cc3)=NN2c2ccc(-c3nc4ccccc4s3)cc2)cc1. The Hall–Kier alpha value is -6.74. The molecule has 11 rings (SSSR count). The number of thiazole rings is 2. The van der Waals surface area contributed by atoms with E-state index < -0.39 is 0 Å². The second-order valence-electron chi connectivity index (χ2n) is 15.7. The van der Waals surface area contributed by atoms with Crippen molar-refractivity contribution in [2.75, 3.05) is 10.0 Å². The van der Waals surface area contributed by atoms with Gasteiger partial charge in [-0.25, -0.2) is 9.97 Å². The van der Waals surface area contributed by atoms with Gasteiger partial charge in [0.25, 0.3) is 0 Å². The number of nitrogens with zero attached hydrogens (tertiary/aromatic N) is 6. The summed E-state index contributed by atoms with van der Waals surface area (Å²) in [5, 5.41) is 17.1. The van der Waals surface area contributed by atoms with E-state index >= 15 is 0 Å². The van der Waals surface area contributed by atoms with Gasteiger partial charge in [-0.15, -0.1) is 22.7 Å². The zero-order chi connectivity index (χ0) is 40.2. The monoisotopic (exact) mass is 812 g/mol. The smallest absolute Gasteiger partial charge is 0.124 e. The highest BCUT2D eigenvalue weighted by Crippen LogP contribution is 2.41. The fraction of sp³-hybridized carbons (Fsp3) is 0.115. The predicted molar refractivity (Wildman–Crippen MR) is 252 cm³/mol. The lowest BCUT2D eigenvalue weighted by Crippen LogP contribution is -2.18. The average Bonchev–Trinajstić information content (AvgIpc) is 4.12. The van der Waals surface area contributed by atoms with E-state index in [0.717, 1.165) is 78.9 Å². The molecule has 2 atom stereocenters. The van der Waals surface area contributed by atoms with Crippen LogP contribution in [0, 0.1) is 13.8 Å². The third kappa shape index (κ3) is 6.87. The number of benzene rings is 7. The van der Waals surface area contributed by atoms with E-state index in [-0.39, 0.29) is 12.1 Å². The molecule has 2 aliphatic heterocycles. The molecule has 8 heteroatoms. The molecule has 0 spiro atoms. The first kappa shape index (κ1) is 36.3. The predicted octanol–water partition coefficient (Wildman–Crippen LogP) is 13.6. The van der Waals surface area contributed by atoms with Gasteiger partial charge in [0.15, 0.2) is 0 Å². The molecule has 290 valence electrons. The summed E-state index contributed by atoms with van der Waals surface area (Å²) in [6.45, 7) is 4.27. The van der Waals surface area contributed by atoms with Crippen molar-refractivity contribution in [1.82, 2.24) is 9.97 Å². The largest absolute Gasteiger partial charge is 0.257 e. The summed E-state index contributed by atoms with van der Waals surface area (Å²) < 4.78 is 2.40. The van der Waals surface area contributed by atoms with Crippen molar-refractivity contribution in [3.05, 3.63) is 203 Å². The van der Waals surface area contributed by atoms with Crippen LogP contribution < -0.4 is 10.0 Å². The fourth-order valence-corrected chi connectivity index (χ4v) is 10.2. The highest BCUT2D eigenvalue weighted by Gasteiger charge is 2.32. The van der Waals surface area contributed by atoms with E-state index in [1.165, 1.54) is 31.7 Å². The van der Waals surface area contributed by atoms with Crippen molar-refractivity contribution in [1.29, 1.82) is 0 Å². The average molecular weight is 813 g/mol. The van der Waals surface area contributed by atoms with E-state index in [1.807, 2.05) is 12.1 Å². The Morgan fingerprint density at radius 2 is 0.783 bits per heavy atom. The zero-order valence-corrected chi connectivity index (χ0v) is 34.9. The molecule has 0 radical (unpaired) electrons. The van der Waals surface area contributed by atoms with Crippen LogP contribution in [0.3, 0.4) is 0 Å². The summed E-state index contributed by atoms with van der Waals surface area (Å²) in [5.74, 6) is 0. The molecule has 60 heavy (non-hydrogen) atoms. The van der Waals surface area contributed by atoms with Crippen molar-refractivity contribution in [3.8, 4) is 21.1 Å². The molecular formula is C52H40N6S2. The summed E-state index contributed by atoms with van der Waals surface area (Å²) in [5.41, 5.74) is 15.8. The molecule has 2 unspecified atom stereocenters. The normalized spacial score (nSPS) is 16.5. The van der Waals surface area contributed by atoms with Gasteiger partial charge in [0, 0.05) is 24.0 Å². The van der Waals surface area contributed by atoms with Gasteiger partial charge in [0.1, 0.15) is 10.0 Å². The minimum atomic E-state index is 0.0812. The summed E-state index contributed by atoms with van der Waals surface area (Å²) >= 11 is 3.46. The van der Waals surface area contributed by atoms with Crippen molar-refractivity contribution in [3.63, 3.8) is 0 Å². The van der Waals surface area contributed by atoms with Gasteiger partial charge >= 0.3 is 0 Å². The lowest BCUT2D eigenvalue weighted by Gasteiger charge is -2.24. The first-order valence-corrected chi connectivity index (χ1v) is 22.0. The number of rotatable bonds is 8. The van der Waals surface area contributed by atoms with E-state index in [1.54, 1.807) is 22.7 Å². The minimum absolute atomic E-state index is 0.0812. The second-order valence-corrected chi connectivity index (χ2v) is 17.7. The van der Waals surface area contributed by atoms with Crippen LogP contribution in [0.2, 0.25) is 0 Å². The van der Waals surface area contributed by atoms with Gasteiger partial charge in [-0.2, -0.15) is 10.2 Å². The molecule has 0 aliphatic carbocycles. The topological polar surface area (TPSA) is 57.0 Å². The molecule has 9 aromatic rings. The quantitative estimate of drug-likeness (QED) is 0.153. The highest BCUT2D eigenvalue weighted by atomic mass is 32.1. The van der Waals surface area contributed by atoms with Crippen LogP contribution >= 0.6 is 22.7 Å². The number of hydrogen-bond acceptors (Lipinski definition) is 8. The summed E-state index contributed by atoms with van der Waals surface area (Å²) in [4.78, 5) is 9.79. The second kappa shape index (κ2) is 15.1. The molecule has 0 saturated heterocycles. The van der Waals surface area contributed by atoms with E-state index in [0.29, 0.717) is 0 Å². The van der Waals surface area contributed by atoms with Crippen LogP contribution in [0.25, 0.3) is 41.6 Å². The Bertz CT molecular complexity index is 2780. The van der Waals surface area contributed by atoms with Crippen LogP contribution in [0.1, 0.15) is 58.3 Å². The maximum atomic E-state index is 5.32. The molecule has 2 aromatic heterocycles. The van der Waals surface area contributed by atoms with Crippen molar-refractivity contribution in [2.24, 2.45) is 10.2 Å². The van der Waals surface area contributed by atoms with E-state index in [9.17, 15) is 0 Å². The molecule has 6 nitrogen and oxygen atoms in total. The Kier molecular flexibility index (Phi) is 9.17.